The Hall–Kier alpha value is -1.49. The lowest BCUT2D eigenvalue weighted by Crippen LogP contribution is -1.96. The number of hydrogen-bond acceptors (Lipinski definition) is 2. The van der Waals surface area contributed by atoms with Crippen molar-refractivity contribution in [2.45, 2.75) is 19.8 Å². The molecule has 0 fully saturated rings. The molecule has 0 bridgehead atoms. The van der Waals surface area contributed by atoms with Crippen LogP contribution in [0, 0.1) is 11.3 Å². The van der Waals surface area contributed by atoms with Gasteiger partial charge in [0.25, 0.3) is 0 Å². The molecule has 0 heterocycles. The van der Waals surface area contributed by atoms with Crippen molar-refractivity contribution >= 4 is 0 Å². The highest BCUT2D eigenvalue weighted by atomic mass is 16.5. The molecular formula is C11H13NO. The Labute approximate surface area is 78.8 Å². The quantitative estimate of drug-likeness (QED) is 0.692. The van der Waals surface area contributed by atoms with E-state index in [1.165, 1.54) is 0 Å². The van der Waals surface area contributed by atoms with Gasteiger partial charge in [-0.1, -0.05) is 26.0 Å². The zero-order chi connectivity index (χ0) is 9.84. The number of rotatable bonds is 2. The predicted octanol–water partition coefficient (Wildman–Crippen LogP) is 2.69. The summed E-state index contributed by atoms with van der Waals surface area (Å²) in [7, 11) is 1.60. The minimum Gasteiger partial charge on any atom is -0.495 e. The topological polar surface area (TPSA) is 33.0 Å². The summed E-state index contributed by atoms with van der Waals surface area (Å²) < 4.78 is 5.21. The molecule has 0 aromatic heterocycles. The average molecular weight is 175 g/mol. The largest absolute Gasteiger partial charge is 0.495 e. The molecule has 1 aromatic rings. The Morgan fingerprint density at radius 1 is 1.38 bits per heavy atom. The van der Waals surface area contributed by atoms with Crippen molar-refractivity contribution in [2.75, 3.05) is 7.11 Å². The molecule has 0 aliphatic carbocycles. The number of hydrogen-bond donors (Lipinski definition) is 0. The highest BCUT2D eigenvalue weighted by molar-refractivity contribution is 5.49. The lowest BCUT2D eigenvalue weighted by atomic mass is 9.99. The van der Waals surface area contributed by atoms with Crippen LogP contribution in [0.5, 0.6) is 5.75 Å². The van der Waals surface area contributed by atoms with E-state index in [9.17, 15) is 0 Å². The number of ether oxygens (including phenoxy) is 1. The molecule has 0 radical (unpaired) electrons. The third kappa shape index (κ3) is 1.81. The molecule has 1 rings (SSSR count). The van der Waals surface area contributed by atoms with Gasteiger partial charge in [0, 0.05) is 0 Å². The fourth-order valence-corrected chi connectivity index (χ4v) is 1.33. The van der Waals surface area contributed by atoms with Gasteiger partial charge in [-0.15, -0.1) is 0 Å². The van der Waals surface area contributed by atoms with E-state index in [4.69, 9.17) is 10.00 Å². The smallest absolute Gasteiger partial charge is 0.140 e. The van der Waals surface area contributed by atoms with Crippen LogP contribution in [0.25, 0.3) is 0 Å². The molecule has 0 amide bonds. The summed E-state index contributed by atoms with van der Waals surface area (Å²) >= 11 is 0. The fraction of sp³-hybridized carbons (Fsp3) is 0.364. The summed E-state index contributed by atoms with van der Waals surface area (Å²) in [6.07, 6.45) is 0. The number of nitriles is 1. The van der Waals surface area contributed by atoms with Crippen molar-refractivity contribution in [3.8, 4) is 11.8 Å². The maximum atomic E-state index is 8.83. The molecule has 0 spiro atoms. The second-order valence-corrected chi connectivity index (χ2v) is 3.19. The van der Waals surface area contributed by atoms with Crippen molar-refractivity contribution < 1.29 is 4.74 Å². The average Bonchev–Trinajstić information content (AvgIpc) is 2.16. The molecule has 13 heavy (non-hydrogen) atoms. The summed E-state index contributed by atoms with van der Waals surface area (Å²) in [4.78, 5) is 0. The zero-order valence-corrected chi connectivity index (χ0v) is 8.16. The molecule has 0 atom stereocenters. The van der Waals surface area contributed by atoms with Gasteiger partial charge in [0.15, 0.2) is 0 Å². The standard InChI is InChI=1S/C11H13NO/c1-8(2)10-6-4-5-9(7-12)11(10)13-3/h4-6,8H,1-3H3. The van der Waals surface area contributed by atoms with Crippen LogP contribution in [0.3, 0.4) is 0 Å². The van der Waals surface area contributed by atoms with E-state index in [1.54, 1.807) is 13.2 Å². The molecular weight excluding hydrogens is 162 g/mol. The third-order valence-corrected chi connectivity index (χ3v) is 1.99. The van der Waals surface area contributed by atoms with E-state index in [2.05, 4.69) is 19.9 Å². The van der Waals surface area contributed by atoms with Crippen molar-refractivity contribution in [2.24, 2.45) is 0 Å². The summed E-state index contributed by atoms with van der Waals surface area (Å²) in [5.74, 6) is 1.09. The molecule has 0 aliphatic heterocycles. The molecule has 0 aliphatic rings. The van der Waals surface area contributed by atoms with Gasteiger partial charge in [0.05, 0.1) is 12.7 Å². The molecule has 0 unspecified atom stereocenters. The van der Waals surface area contributed by atoms with Gasteiger partial charge in [0.2, 0.25) is 0 Å². The fourth-order valence-electron chi connectivity index (χ4n) is 1.33. The van der Waals surface area contributed by atoms with Crippen LogP contribution >= 0.6 is 0 Å². The van der Waals surface area contributed by atoms with Crippen LogP contribution < -0.4 is 4.74 Å². The Bertz CT molecular complexity index is 336. The number of methoxy groups -OCH3 is 1. The van der Waals surface area contributed by atoms with Gasteiger partial charge in [0.1, 0.15) is 11.8 Å². The van der Waals surface area contributed by atoms with Crippen molar-refractivity contribution in [3.63, 3.8) is 0 Å². The third-order valence-electron chi connectivity index (χ3n) is 1.99. The second kappa shape index (κ2) is 3.95. The maximum Gasteiger partial charge on any atom is 0.140 e. The van der Waals surface area contributed by atoms with Gasteiger partial charge in [-0.25, -0.2) is 0 Å². The van der Waals surface area contributed by atoms with Crippen molar-refractivity contribution in [3.05, 3.63) is 29.3 Å². The summed E-state index contributed by atoms with van der Waals surface area (Å²) in [5.41, 5.74) is 1.69. The van der Waals surface area contributed by atoms with E-state index < -0.39 is 0 Å². The number of benzene rings is 1. The zero-order valence-electron chi connectivity index (χ0n) is 8.16. The highest BCUT2D eigenvalue weighted by Crippen LogP contribution is 2.29. The first-order valence-corrected chi connectivity index (χ1v) is 4.27. The number of para-hydroxylation sites is 1. The maximum absolute atomic E-state index is 8.83. The Morgan fingerprint density at radius 2 is 2.08 bits per heavy atom. The second-order valence-electron chi connectivity index (χ2n) is 3.19. The molecule has 0 N–H and O–H groups in total. The normalized spacial score (nSPS) is 9.77. The Balaban J connectivity index is 3.29. The van der Waals surface area contributed by atoms with Crippen LogP contribution in [-0.2, 0) is 0 Å². The molecule has 68 valence electrons. The van der Waals surface area contributed by atoms with Crippen LogP contribution in [0.2, 0.25) is 0 Å². The minimum atomic E-state index is 0.378. The van der Waals surface area contributed by atoms with Gasteiger partial charge in [-0.2, -0.15) is 5.26 Å². The summed E-state index contributed by atoms with van der Waals surface area (Å²) in [6, 6.07) is 7.76. The Kier molecular flexibility index (Phi) is 2.92. The van der Waals surface area contributed by atoms with E-state index in [-0.39, 0.29) is 0 Å². The van der Waals surface area contributed by atoms with E-state index in [0.29, 0.717) is 17.2 Å². The van der Waals surface area contributed by atoms with Crippen molar-refractivity contribution in [1.29, 1.82) is 5.26 Å². The highest BCUT2D eigenvalue weighted by Gasteiger charge is 2.10. The molecule has 0 saturated carbocycles. The SMILES string of the molecule is COc1c(C#N)cccc1C(C)C. The molecule has 2 heteroatoms. The minimum absolute atomic E-state index is 0.378. The van der Waals surface area contributed by atoms with Gasteiger partial charge in [-0.3, -0.25) is 0 Å². The van der Waals surface area contributed by atoms with E-state index in [0.717, 1.165) is 5.56 Å². The van der Waals surface area contributed by atoms with Crippen LogP contribution in [-0.4, -0.2) is 7.11 Å². The van der Waals surface area contributed by atoms with E-state index in [1.807, 2.05) is 12.1 Å². The summed E-state index contributed by atoms with van der Waals surface area (Å²) in [5, 5.41) is 8.83. The van der Waals surface area contributed by atoms with Crippen LogP contribution in [0.1, 0.15) is 30.9 Å². The molecule has 2 nitrogen and oxygen atoms in total. The first-order chi connectivity index (χ1) is 6.20. The molecule has 0 saturated heterocycles. The first kappa shape index (κ1) is 9.60. The first-order valence-electron chi connectivity index (χ1n) is 4.27. The van der Waals surface area contributed by atoms with Gasteiger partial charge in [-0.05, 0) is 17.5 Å². The lowest BCUT2D eigenvalue weighted by molar-refractivity contribution is 0.406. The summed E-state index contributed by atoms with van der Waals surface area (Å²) in [6.45, 7) is 4.16. The van der Waals surface area contributed by atoms with Crippen LogP contribution in [0.15, 0.2) is 18.2 Å². The number of nitrogens with zero attached hydrogens (tertiary/aromatic N) is 1. The van der Waals surface area contributed by atoms with Crippen LogP contribution in [0.4, 0.5) is 0 Å². The van der Waals surface area contributed by atoms with E-state index >= 15 is 0 Å². The predicted molar refractivity (Wildman–Crippen MR) is 51.8 cm³/mol. The Morgan fingerprint density at radius 3 is 2.54 bits per heavy atom. The van der Waals surface area contributed by atoms with Crippen molar-refractivity contribution in [1.82, 2.24) is 0 Å². The molecule has 1 aromatic carbocycles. The van der Waals surface area contributed by atoms with Gasteiger partial charge < -0.3 is 4.74 Å². The monoisotopic (exact) mass is 175 g/mol. The van der Waals surface area contributed by atoms with Gasteiger partial charge >= 0.3 is 0 Å². The lowest BCUT2D eigenvalue weighted by Gasteiger charge is -2.12.